The summed E-state index contributed by atoms with van der Waals surface area (Å²) in [6, 6.07) is -5.04. The predicted molar refractivity (Wildman–Crippen MR) is 274 cm³/mol. The SMILES string of the molecule is CCNC(=O)[C@H](CCCNC(=N)N)NC(=O)[C@@H]1CCSCCC(=O)N[C@@H](CCCCNC(=O)CCC(=O)NCCN(CCNC(C)(C)/C(C)=N\O)CCNC(C)(C)/C(C)=N\O)C(=O)N[C@@H](CC(=O)O)C(=O)N1. The van der Waals surface area contributed by atoms with Gasteiger partial charge in [-0.05, 0) is 92.7 Å². The van der Waals surface area contributed by atoms with Crippen molar-refractivity contribution in [1.29, 1.82) is 5.41 Å². The van der Waals surface area contributed by atoms with Crippen LogP contribution in [0, 0.1) is 5.41 Å². The van der Waals surface area contributed by atoms with Crippen LogP contribution >= 0.6 is 11.8 Å². The Labute approximate surface area is 427 Å². The first-order valence-electron chi connectivity index (χ1n) is 24.5. The highest BCUT2D eigenvalue weighted by Crippen LogP contribution is 2.12. The number of amides is 7. The first kappa shape index (κ1) is 64.2. The second-order valence-corrected chi connectivity index (χ2v) is 19.7. The molecule has 0 aliphatic carbocycles. The Morgan fingerprint density at radius 2 is 1.33 bits per heavy atom. The highest BCUT2D eigenvalue weighted by atomic mass is 32.2. The third-order valence-electron chi connectivity index (χ3n) is 12.0. The Balaban J connectivity index is 2.83. The summed E-state index contributed by atoms with van der Waals surface area (Å²) < 4.78 is 0. The van der Waals surface area contributed by atoms with Gasteiger partial charge in [0.05, 0.1) is 28.9 Å². The lowest BCUT2D eigenvalue weighted by molar-refractivity contribution is -0.141. The van der Waals surface area contributed by atoms with Gasteiger partial charge >= 0.3 is 5.97 Å². The number of carbonyl (C=O) groups excluding carboxylic acids is 7. The molecule has 4 atom stereocenters. The quantitative estimate of drug-likeness (QED) is 0.0120. The van der Waals surface area contributed by atoms with Gasteiger partial charge in [0.15, 0.2) is 5.96 Å². The lowest BCUT2D eigenvalue weighted by Gasteiger charge is -2.30. The van der Waals surface area contributed by atoms with Gasteiger partial charge in [-0.2, -0.15) is 11.8 Å². The number of oxime groups is 2. The fourth-order valence-electron chi connectivity index (χ4n) is 6.92. The van der Waals surface area contributed by atoms with Crippen molar-refractivity contribution in [1.82, 2.24) is 58.1 Å². The number of likely N-dealkylation sites (N-methyl/N-ethyl adjacent to an activating group) is 1. The van der Waals surface area contributed by atoms with E-state index in [0.717, 1.165) is 0 Å². The number of nitrogens with two attached hydrogens (primary N) is 1. The van der Waals surface area contributed by atoms with Crippen molar-refractivity contribution >= 4 is 76.5 Å². The van der Waals surface area contributed by atoms with Gasteiger partial charge in [-0.1, -0.05) is 10.3 Å². The van der Waals surface area contributed by atoms with Crippen LogP contribution in [0.3, 0.4) is 0 Å². The van der Waals surface area contributed by atoms with E-state index in [-0.39, 0.29) is 75.9 Å². The van der Waals surface area contributed by atoms with Crippen molar-refractivity contribution in [3.05, 3.63) is 0 Å². The minimum absolute atomic E-state index is 0.0154. The highest BCUT2D eigenvalue weighted by Gasteiger charge is 2.33. The van der Waals surface area contributed by atoms with E-state index in [0.29, 0.717) is 81.5 Å². The van der Waals surface area contributed by atoms with E-state index in [9.17, 15) is 53.9 Å². The number of carboxylic acids is 1. The van der Waals surface area contributed by atoms with Gasteiger partial charge in [0, 0.05) is 83.9 Å². The third-order valence-corrected chi connectivity index (χ3v) is 13.0. The molecule has 0 aromatic rings. The summed E-state index contributed by atoms with van der Waals surface area (Å²) in [6.45, 7) is 16.6. The molecule has 0 radical (unpaired) electrons. The maximum atomic E-state index is 13.6. The molecule has 1 aliphatic heterocycles. The van der Waals surface area contributed by atoms with Crippen molar-refractivity contribution in [2.45, 2.75) is 148 Å². The average Bonchev–Trinajstić information content (AvgIpc) is 3.31. The topological polar surface area (TPSA) is 395 Å². The summed E-state index contributed by atoms with van der Waals surface area (Å²) in [7, 11) is 0. The summed E-state index contributed by atoms with van der Waals surface area (Å²) in [5.41, 5.74) is 5.30. The van der Waals surface area contributed by atoms with Crippen molar-refractivity contribution in [3.8, 4) is 0 Å². The number of unbranched alkanes of at least 4 members (excludes halogenated alkanes) is 1. The Kier molecular flexibility index (Phi) is 30.8. The van der Waals surface area contributed by atoms with Gasteiger partial charge in [0.1, 0.15) is 24.2 Å². The molecule has 7 amide bonds. The van der Waals surface area contributed by atoms with Crippen LogP contribution in [0.4, 0.5) is 0 Å². The number of nitrogens with one attached hydrogen (secondary N) is 11. The molecule has 26 nitrogen and oxygen atoms in total. The standard InChI is InChI=1S/C45H83N15O11S/c1-8-48-39(66)31(13-11-19-51-43(46)47)55-41(68)33-16-26-72-27-17-37(63)54-32(40(67)57-34(28-38(64)65)42(69)56-33)12-9-10-18-49-35(61)14-15-36(62)50-20-23-60(24-21-52-44(4,5)29(2)58-70)25-22-53-45(6,7)30(3)59-71/h31-34,52-53,70-71H,8-28H2,1-7H3,(H,48,66)(H,49,61)(H,50,62)(H,54,63)(H,55,68)(H,56,69)(H,57,67)(H,64,65)(H4,46,47,51)/b58-29-,59-30-/t31-,32-,33-,34-/m0/s1. The summed E-state index contributed by atoms with van der Waals surface area (Å²) in [4.78, 5) is 106. The van der Waals surface area contributed by atoms with Crippen LogP contribution in [0.25, 0.3) is 0 Å². The number of rotatable bonds is 31. The number of hydrogen-bond donors (Lipinski definition) is 15. The fraction of sp³-hybridized carbons (Fsp3) is 0.756. The summed E-state index contributed by atoms with van der Waals surface area (Å²) >= 11 is 1.32. The number of carboxylic acid groups (broad SMARTS) is 1. The molecule has 16 N–H and O–H groups in total. The maximum absolute atomic E-state index is 13.6. The molecule has 0 saturated carbocycles. The lowest BCUT2D eigenvalue weighted by Crippen LogP contribution is -2.58. The summed E-state index contributed by atoms with van der Waals surface area (Å²) in [5, 5.41) is 70.0. The molecule has 0 bridgehead atoms. The molecule has 1 saturated heterocycles. The number of hydrogen-bond acceptors (Lipinski definition) is 17. The molecule has 72 heavy (non-hydrogen) atoms. The molecule has 0 spiro atoms. The Bertz CT molecular complexity index is 1820. The highest BCUT2D eigenvalue weighted by molar-refractivity contribution is 7.99. The van der Waals surface area contributed by atoms with E-state index >= 15 is 0 Å². The van der Waals surface area contributed by atoms with E-state index in [1.165, 1.54) is 11.8 Å². The van der Waals surface area contributed by atoms with Crippen molar-refractivity contribution in [2.75, 3.05) is 70.4 Å². The van der Waals surface area contributed by atoms with Gasteiger partial charge in [-0.3, -0.25) is 48.7 Å². The number of nitrogens with zero attached hydrogens (tertiary/aromatic N) is 3. The maximum Gasteiger partial charge on any atom is 0.305 e. The third kappa shape index (κ3) is 27.1. The molecular formula is C45H83N15O11S. The molecule has 1 fully saturated rings. The van der Waals surface area contributed by atoms with Crippen LogP contribution in [0.5, 0.6) is 0 Å². The molecule has 1 heterocycles. The second-order valence-electron chi connectivity index (χ2n) is 18.4. The van der Waals surface area contributed by atoms with Gasteiger partial charge < -0.3 is 74.4 Å². The van der Waals surface area contributed by atoms with Crippen LogP contribution < -0.4 is 58.9 Å². The van der Waals surface area contributed by atoms with E-state index in [1.807, 2.05) is 27.7 Å². The smallest absolute Gasteiger partial charge is 0.305 e. The molecule has 0 aromatic carbocycles. The Hall–Kier alpha value is -5.80. The van der Waals surface area contributed by atoms with Crippen LogP contribution in [-0.4, -0.2) is 191 Å². The molecule has 1 aliphatic rings. The molecule has 1 rings (SSSR count). The molecular weight excluding hydrogens is 959 g/mol. The second kappa shape index (κ2) is 34.5. The van der Waals surface area contributed by atoms with Crippen LogP contribution in [0.1, 0.15) is 113 Å². The lowest BCUT2D eigenvalue weighted by atomic mass is 9.99. The molecule has 27 heteroatoms. The summed E-state index contributed by atoms with van der Waals surface area (Å²) in [6.07, 6.45) is 0.395. The van der Waals surface area contributed by atoms with Crippen molar-refractivity contribution in [2.24, 2.45) is 16.0 Å². The van der Waals surface area contributed by atoms with Gasteiger partial charge in [-0.25, -0.2) is 0 Å². The predicted octanol–water partition coefficient (Wildman–Crippen LogP) is -1.75. The number of thioether (sulfide) groups is 1. The molecule has 410 valence electrons. The minimum Gasteiger partial charge on any atom is -0.481 e. The van der Waals surface area contributed by atoms with E-state index in [1.54, 1.807) is 20.8 Å². The molecule has 0 aromatic heterocycles. The van der Waals surface area contributed by atoms with E-state index < -0.39 is 77.2 Å². The monoisotopic (exact) mass is 1040 g/mol. The molecule has 0 unspecified atom stereocenters. The van der Waals surface area contributed by atoms with Crippen LogP contribution in [-0.2, 0) is 38.4 Å². The first-order valence-corrected chi connectivity index (χ1v) is 25.6. The van der Waals surface area contributed by atoms with Gasteiger partial charge in [0.2, 0.25) is 41.4 Å². The number of guanidine groups is 1. The largest absolute Gasteiger partial charge is 0.481 e. The van der Waals surface area contributed by atoms with Crippen molar-refractivity contribution < 1.29 is 53.9 Å². The Morgan fingerprint density at radius 1 is 0.778 bits per heavy atom. The van der Waals surface area contributed by atoms with Gasteiger partial charge in [0.25, 0.3) is 0 Å². The zero-order valence-electron chi connectivity index (χ0n) is 43.1. The van der Waals surface area contributed by atoms with Crippen LogP contribution in [0.15, 0.2) is 10.3 Å². The van der Waals surface area contributed by atoms with E-state index in [2.05, 4.69) is 68.4 Å². The zero-order valence-corrected chi connectivity index (χ0v) is 43.9. The average molecular weight is 1040 g/mol. The minimum atomic E-state index is -1.64. The van der Waals surface area contributed by atoms with Crippen molar-refractivity contribution in [3.63, 3.8) is 0 Å². The summed E-state index contributed by atoms with van der Waals surface area (Å²) in [5.74, 6) is -5.15. The Morgan fingerprint density at radius 3 is 1.89 bits per heavy atom. The number of aliphatic carboxylic acids is 1. The number of carbonyl (C=O) groups is 8. The first-order chi connectivity index (χ1) is 34.0. The van der Waals surface area contributed by atoms with Gasteiger partial charge in [-0.15, -0.1) is 0 Å². The normalized spacial score (nSPS) is 18.1. The fourth-order valence-corrected chi connectivity index (χ4v) is 7.86. The van der Waals surface area contributed by atoms with E-state index in [4.69, 9.17) is 11.1 Å². The zero-order chi connectivity index (χ0) is 54.3. The van der Waals surface area contributed by atoms with Crippen LogP contribution in [0.2, 0.25) is 0 Å².